The smallest absolute Gasteiger partial charge is 0.268 e. The summed E-state index contributed by atoms with van der Waals surface area (Å²) in [4.78, 5) is 19.9. The molecule has 1 aliphatic rings. The van der Waals surface area contributed by atoms with E-state index in [0.29, 0.717) is 10.1 Å². The van der Waals surface area contributed by atoms with Crippen LogP contribution in [0.4, 0.5) is 15.8 Å². The van der Waals surface area contributed by atoms with Crippen molar-refractivity contribution in [2.24, 2.45) is 4.99 Å². The van der Waals surface area contributed by atoms with Gasteiger partial charge in [0.15, 0.2) is 5.17 Å². The number of amidine groups is 1. The number of amides is 1. The highest BCUT2D eigenvalue weighted by Gasteiger charge is 2.34. The van der Waals surface area contributed by atoms with Gasteiger partial charge >= 0.3 is 0 Å². The van der Waals surface area contributed by atoms with E-state index >= 15 is 0 Å². The molecule has 5 heteroatoms. The quantitative estimate of drug-likeness (QED) is 0.556. The number of rotatable bonds is 3. The molecule has 3 aromatic carbocycles. The zero-order chi connectivity index (χ0) is 18.6. The summed E-state index contributed by atoms with van der Waals surface area (Å²) < 4.78 is 13.1. The van der Waals surface area contributed by atoms with Crippen molar-refractivity contribution in [3.05, 3.63) is 101 Å². The molecule has 0 atom stereocenters. The zero-order valence-electron chi connectivity index (χ0n) is 14.2. The Balaban J connectivity index is 1.76. The number of carbonyl (C=O) groups is 1. The summed E-state index contributed by atoms with van der Waals surface area (Å²) >= 11 is 1.31. The average molecular weight is 374 g/mol. The molecule has 0 bridgehead atoms. The molecule has 3 aromatic rings. The molecule has 27 heavy (non-hydrogen) atoms. The summed E-state index contributed by atoms with van der Waals surface area (Å²) in [6, 6.07) is 25.0. The zero-order valence-corrected chi connectivity index (χ0v) is 15.1. The van der Waals surface area contributed by atoms with E-state index in [4.69, 9.17) is 0 Å². The van der Waals surface area contributed by atoms with E-state index in [1.54, 1.807) is 23.1 Å². The molecule has 0 radical (unpaired) electrons. The largest absolute Gasteiger partial charge is 0.271 e. The van der Waals surface area contributed by atoms with E-state index in [9.17, 15) is 9.18 Å². The number of anilines is 1. The van der Waals surface area contributed by atoms with Crippen LogP contribution in [0.5, 0.6) is 0 Å². The lowest BCUT2D eigenvalue weighted by Gasteiger charge is -2.15. The molecule has 3 nitrogen and oxygen atoms in total. The van der Waals surface area contributed by atoms with Gasteiger partial charge in [0.05, 0.1) is 16.3 Å². The van der Waals surface area contributed by atoms with Gasteiger partial charge in [0.2, 0.25) is 0 Å². The van der Waals surface area contributed by atoms with Crippen LogP contribution in [0.15, 0.2) is 94.8 Å². The fraction of sp³-hybridized carbons (Fsp3) is 0. The van der Waals surface area contributed by atoms with Gasteiger partial charge in [-0.25, -0.2) is 9.38 Å². The molecule has 132 valence electrons. The van der Waals surface area contributed by atoms with Gasteiger partial charge in [-0.1, -0.05) is 48.5 Å². The van der Waals surface area contributed by atoms with Crippen LogP contribution in [-0.4, -0.2) is 11.1 Å². The number of halogens is 1. The molecule has 0 N–H and O–H groups in total. The van der Waals surface area contributed by atoms with Gasteiger partial charge in [-0.2, -0.15) is 0 Å². The van der Waals surface area contributed by atoms with E-state index in [2.05, 4.69) is 4.99 Å². The normalized spacial score (nSPS) is 17.1. The van der Waals surface area contributed by atoms with E-state index in [-0.39, 0.29) is 11.7 Å². The summed E-state index contributed by atoms with van der Waals surface area (Å²) in [5, 5.41) is 0.589. The van der Waals surface area contributed by atoms with Gasteiger partial charge in [0, 0.05) is 0 Å². The maximum absolute atomic E-state index is 13.1. The van der Waals surface area contributed by atoms with Crippen LogP contribution in [-0.2, 0) is 4.79 Å². The summed E-state index contributed by atoms with van der Waals surface area (Å²) in [6.07, 6.45) is 1.76. The monoisotopic (exact) mass is 374 g/mol. The third kappa shape index (κ3) is 3.83. The molecule has 0 saturated carbocycles. The van der Waals surface area contributed by atoms with Crippen molar-refractivity contribution in [2.45, 2.75) is 0 Å². The lowest BCUT2D eigenvalue weighted by Crippen LogP contribution is -2.28. The Morgan fingerprint density at radius 1 is 0.852 bits per heavy atom. The van der Waals surface area contributed by atoms with Gasteiger partial charge in [0.1, 0.15) is 5.82 Å². The second-order valence-corrected chi connectivity index (χ2v) is 6.88. The highest BCUT2D eigenvalue weighted by Crippen LogP contribution is 2.37. The van der Waals surface area contributed by atoms with E-state index in [1.807, 2.05) is 60.7 Å². The molecule has 1 saturated heterocycles. The standard InChI is InChI=1S/C22H15FN2OS/c23-17-13-11-16(12-14-17)15-20-21(26)25(19-9-5-2-6-10-19)22(27-20)24-18-7-3-1-4-8-18/h1-15H/b20-15-,24-22?. The lowest BCUT2D eigenvalue weighted by atomic mass is 10.2. The minimum atomic E-state index is -0.306. The predicted octanol–water partition coefficient (Wildman–Crippen LogP) is 5.63. The second-order valence-electron chi connectivity index (χ2n) is 5.87. The summed E-state index contributed by atoms with van der Waals surface area (Å²) in [5.74, 6) is -0.454. The molecular formula is C22H15FN2OS. The molecule has 4 rings (SSSR count). The molecule has 1 fully saturated rings. The average Bonchev–Trinajstić information content (AvgIpc) is 3.00. The number of nitrogens with zero attached hydrogens (tertiary/aromatic N) is 2. The first-order valence-electron chi connectivity index (χ1n) is 8.39. The van der Waals surface area contributed by atoms with Gasteiger partial charge in [-0.05, 0) is 59.8 Å². The van der Waals surface area contributed by atoms with Gasteiger partial charge in [-0.15, -0.1) is 0 Å². The molecule has 1 aliphatic heterocycles. The Morgan fingerprint density at radius 3 is 2.15 bits per heavy atom. The topological polar surface area (TPSA) is 32.7 Å². The summed E-state index contributed by atoms with van der Waals surface area (Å²) in [6.45, 7) is 0. The molecular weight excluding hydrogens is 359 g/mol. The van der Waals surface area contributed by atoms with Crippen molar-refractivity contribution < 1.29 is 9.18 Å². The van der Waals surface area contributed by atoms with Gasteiger partial charge < -0.3 is 0 Å². The molecule has 0 unspecified atom stereocenters. The minimum absolute atomic E-state index is 0.148. The van der Waals surface area contributed by atoms with Crippen LogP contribution in [0.25, 0.3) is 6.08 Å². The van der Waals surface area contributed by atoms with Crippen LogP contribution in [0, 0.1) is 5.82 Å². The number of aliphatic imine (C=N–C) groups is 1. The number of para-hydroxylation sites is 2. The molecule has 1 amide bonds. The molecule has 1 heterocycles. The SMILES string of the molecule is O=C1/C(=C/c2ccc(F)cc2)SC(=Nc2ccccc2)N1c1ccccc1. The Morgan fingerprint density at radius 2 is 1.48 bits per heavy atom. The third-order valence-corrected chi connectivity index (χ3v) is 4.94. The van der Waals surface area contributed by atoms with E-state index in [0.717, 1.165) is 16.9 Å². The number of carbonyl (C=O) groups excluding carboxylic acids is 1. The summed E-state index contributed by atoms with van der Waals surface area (Å²) in [5.41, 5.74) is 2.30. The number of thioether (sulfide) groups is 1. The van der Waals surface area contributed by atoms with Crippen molar-refractivity contribution in [2.75, 3.05) is 4.90 Å². The van der Waals surface area contributed by atoms with Crippen LogP contribution in [0.3, 0.4) is 0 Å². The molecule has 0 aromatic heterocycles. The maximum atomic E-state index is 13.1. The first-order chi connectivity index (χ1) is 13.2. The number of benzene rings is 3. The van der Waals surface area contributed by atoms with Gasteiger partial charge in [0.25, 0.3) is 5.91 Å². The first kappa shape index (κ1) is 17.2. The second kappa shape index (κ2) is 7.60. The van der Waals surface area contributed by atoms with Crippen LogP contribution in [0.1, 0.15) is 5.56 Å². The number of hydrogen-bond donors (Lipinski definition) is 0. The van der Waals surface area contributed by atoms with Crippen molar-refractivity contribution >= 4 is 40.3 Å². The van der Waals surface area contributed by atoms with Crippen molar-refractivity contribution in [1.82, 2.24) is 0 Å². The fourth-order valence-corrected chi connectivity index (χ4v) is 3.68. The van der Waals surface area contributed by atoms with Crippen molar-refractivity contribution in [3.63, 3.8) is 0 Å². The third-order valence-electron chi connectivity index (χ3n) is 3.97. The Bertz CT molecular complexity index is 1020. The number of hydrogen-bond acceptors (Lipinski definition) is 3. The lowest BCUT2D eigenvalue weighted by molar-refractivity contribution is -0.113. The maximum Gasteiger partial charge on any atom is 0.271 e. The highest BCUT2D eigenvalue weighted by molar-refractivity contribution is 8.19. The van der Waals surface area contributed by atoms with Crippen LogP contribution < -0.4 is 4.90 Å². The van der Waals surface area contributed by atoms with E-state index in [1.165, 1.54) is 23.9 Å². The minimum Gasteiger partial charge on any atom is -0.268 e. The molecule has 0 spiro atoms. The fourth-order valence-electron chi connectivity index (χ4n) is 2.68. The highest BCUT2D eigenvalue weighted by atomic mass is 32.2. The Labute approximate surface area is 160 Å². The predicted molar refractivity (Wildman–Crippen MR) is 109 cm³/mol. The van der Waals surface area contributed by atoms with Crippen LogP contribution >= 0.6 is 11.8 Å². The molecule has 0 aliphatic carbocycles. The Kier molecular flexibility index (Phi) is 4.85. The van der Waals surface area contributed by atoms with Crippen molar-refractivity contribution in [1.29, 1.82) is 0 Å². The Hall–Kier alpha value is -3.18. The van der Waals surface area contributed by atoms with E-state index < -0.39 is 0 Å². The summed E-state index contributed by atoms with van der Waals surface area (Å²) in [7, 11) is 0. The first-order valence-corrected chi connectivity index (χ1v) is 9.21. The van der Waals surface area contributed by atoms with Gasteiger partial charge in [-0.3, -0.25) is 9.69 Å². The van der Waals surface area contributed by atoms with Crippen LogP contribution in [0.2, 0.25) is 0 Å². The van der Waals surface area contributed by atoms with Crippen molar-refractivity contribution in [3.8, 4) is 0 Å².